The van der Waals surface area contributed by atoms with Crippen LogP contribution in [0.4, 0.5) is 0 Å². The molecule has 0 spiro atoms. The highest BCUT2D eigenvalue weighted by atomic mass is 16.5. The van der Waals surface area contributed by atoms with Gasteiger partial charge < -0.3 is 29.9 Å². The SMILES string of the molecule is CC.CC.Cc1cc(OCc2ccccc2)ncc1-c1cc(C#CC2OC(CO)[C@@H](O)C(O)C2O)c2[nH]ncc2c1. The summed E-state index contributed by atoms with van der Waals surface area (Å²) in [6, 6.07) is 15.6. The zero-order chi connectivity index (χ0) is 29.9. The molecule has 9 nitrogen and oxygen atoms in total. The second kappa shape index (κ2) is 15.3. The average Bonchev–Trinajstić information content (AvgIpc) is 3.50. The Kier molecular flexibility index (Phi) is 11.8. The fourth-order valence-corrected chi connectivity index (χ4v) is 4.32. The summed E-state index contributed by atoms with van der Waals surface area (Å²) in [4.78, 5) is 4.48. The van der Waals surface area contributed by atoms with Crippen molar-refractivity contribution >= 4 is 10.9 Å². The van der Waals surface area contributed by atoms with Gasteiger partial charge in [0.25, 0.3) is 0 Å². The molecule has 4 aromatic rings. The number of aromatic amines is 1. The molecule has 1 aliphatic heterocycles. The van der Waals surface area contributed by atoms with E-state index < -0.39 is 37.1 Å². The molecule has 5 N–H and O–H groups in total. The highest BCUT2D eigenvalue weighted by molar-refractivity contribution is 5.89. The van der Waals surface area contributed by atoms with Crippen molar-refractivity contribution in [1.29, 1.82) is 0 Å². The maximum Gasteiger partial charge on any atom is 0.213 e. The molecule has 1 saturated heterocycles. The molecule has 218 valence electrons. The Morgan fingerprint density at radius 3 is 2.37 bits per heavy atom. The number of nitrogens with one attached hydrogen (secondary N) is 1. The van der Waals surface area contributed by atoms with E-state index in [4.69, 9.17) is 9.47 Å². The highest BCUT2D eigenvalue weighted by Gasteiger charge is 2.42. The van der Waals surface area contributed by atoms with E-state index in [-0.39, 0.29) is 0 Å². The molecule has 0 aliphatic carbocycles. The molecule has 2 aromatic heterocycles. The quantitative estimate of drug-likeness (QED) is 0.232. The Hall–Kier alpha value is -3.78. The number of H-pyrrole nitrogens is 1. The summed E-state index contributed by atoms with van der Waals surface area (Å²) in [7, 11) is 0. The lowest BCUT2D eigenvalue weighted by molar-refractivity contribution is -0.214. The first-order valence-electron chi connectivity index (χ1n) is 13.9. The maximum absolute atomic E-state index is 10.3. The minimum atomic E-state index is -1.49. The van der Waals surface area contributed by atoms with Gasteiger partial charge in [0.1, 0.15) is 37.1 Å². The van der Waals surface area contributed by atoms with Crippen molar-refractivity contribution < 1.29 is 29.9 Å². The van der Waals surface area contributed by atoms with Gasteiger partial charge >= 0.3 is 0 Å². The van der Waals surface area contributed by atoms with Gasteiger partial charge in [-0.3, -0.25) is 5.10 Å². The number of nitrogens with zero attached hydrogens (tertiary/aromatic N) is 2. The number of hydrogen-bond acceptors (Lipinski definition) is 8. The van der Waals surface area contributed by atoms with E-state index in [2.05, 4.69) is 27.0 Å². The second-order valence-electron chi connectivity index (χ2n) is 8.99. The molecule has 5 atom stereocenters. The van der Waals surface area contributed by atoms with Crippen LogP contribution in [0.2, 0.25) is 0 Å². The van der Waals surface area contributed by atoms with Gasteiger partial charge in [-0.25, -0.2) is 4.98 Å². The summed E-state index contributed by atoms with van der Waals surface area (Å²) < 4.78 is 11.4. The summed E-state index contributed by atoms with van der Waals surface area (Å²) in [6.07, 6.45) is -3.02. The number of aliphatic hydroxyl groups is 4. The van der Waals surface area contributed by atoms with Crippen LogP contribution in [-0.4, -0.2) is 72.7 Å². The minimum absolute atomic E-state index is 0.422. The summed E-state index contributed by atoms with van der Waals surface area (Å²) in [5.41, 5.74) is 5.09. The van der Waals surface area contributed by atoms with Crippen molar-refractivity contribution in [3.8, 4) is 28.8 Å². The molecule has 41 heavy (non-hydrogen) atoms. The lowest BCUT2D eigenvalue weighted by Crippen LogP contribution is -2.58. The minimum Gasteiger partial charge on any atom is -0.473 e. The molecular formula is C32H39N3O6. The second-order valence-corrected chi connectivity index (χ2v) is 8.99. The number of aryl methyl sites for hydroxylation is 1. The van der Waals surface area contributed by atoms with Crippen LogP contribution in [0.5, 0.6) is 5.88 Å². The molecule has 3 heterocycles. The van der Waals surface area contributed by atoms with E-state index in [1.807, 2.05) is 83.1 Å². The van der Waals surface area contributed by atoms with Crippen molar-refractivity contribution in [1.82, 2.24) is 15.2 Å². The van der Waals surface area contributed by atoms with Crippen molar-refractivity contribution in [2.75, 3.05) is 6.61 Å². The summed E-state index contributed by atoms with van der Waals surface area (Å²) in [5, 5.41) is 47.7. The molecular weight excluding hydrogens is 522 g/mol. The zero-order valence-electron chi connectivity index (χ0n) is 24.1. The number of benzene rings is 2. The van der Waals surface area contributed by atoms with Gasteiger partial charge in [0, 0.05) is 23.2 Å². The molecule has 1 fully saturated rings. The Labute approximate surface area is 240 Å². The molecule has 0 bridgehead atoms. The third-order valence-electron chi connectivity index (χ3n) is 6.42. The first-order chi connectivity index (χ1) is 19.9. The summed E-state index contributed by atoms with van der Waals surface area (Å²) in [5.74, 6) is 6.36. The van der Waals surface area contributed by atoms with E-state index in [9.17, 15) is 20.4 Å². The third kappa shape index (κ3) is 7.50. The van der Waals surface area contributed by atoms with Crippen LogP contribution in [0.25, 0.3) is 22.0 Å². The zero-order valence-corrected chi connectivity index (χ0v) is 24.1. The standard InChI is InChI=1S/C28H27N3O6.2C2H6/c1-16-9-24(36-15-17-5-3-2-4-6-17)29-13-21(16)19-10-18(25-20(11-19)12-30-31-25)7-8-22-26(33)28(35)27(34)23(14-32)37-22;2*1-2/h2-6,9-13,22-23,26-28,32-35H,14-15H2,1H3,(H,30,31);2*1-2H3/t22?,23?,26?,27-,28?;;/m1../s1. The van der Waals surface area contributed by atoms with Gasteiger partial charge in [-0.15, -0.1) is 0 Å². The van der Waals surface area contributed by atoms with E-state index in [0.717, 1.165) is 27.6 Å². The van der Waals surface area contributed by atoms with E-state index >= 15 is 0 Å². The predicted octanol–water partition coefficient (Wildman–Crippen LogP) is 3.76. The van der Waals surface area contributed by atoms with E-state index in [1.54, 1.807) is 12.4 Å². The first-order valence-corrected chi connectivity index (χ1v) is 13.9. The number of hydrogen-bond donors (Lipinski definition) is 5. The molecule has 1 aliphatic rings. The largest absolute Gasteiger partial charge is 0.473 e. The maximum atomic E-state index is 10.3. The van der Waals surface area contributed by atoms with Crippen LogP contribution in [0, 0.1) is 18.8 Å². The molecule has 0 radical (unpaired) electrons. The Bertz CT molecular complexity index is 1440. The smallest absolute Gasteiger partial charge is 0.213 e. The molecule has 0 saturated carbocycles. The number of aliphatic hydroxyl groups excluding tert-OH is 4. The molecule has 5 rings (SSSR count). The van der Waals surface area contributed by atoms with Crippen LogP contribution in [0.3, 0.4) is 0 Å². The first kappa shape index (κ1) is 31.7. The normalized spacial score (nSPS) is 21.4. The van der Waals surface area contributed by atoms with Crippen LogP contribution >= 0.6 is 0 Å². The third-order valence-corrected chi connectivity index (χ3v) is 6.42. The lowest BCUT2D eigenvalue weighted by Gasteiger charge is -2.37. The number of ether oxygens (including phenoxy) is 2. The summed E-state index contributed by atoms with van der Waals surface area (Å²) >= 11 is 0. The fourth-order valence-electron chi connectivity index (χ4n) is 4.32. The molecule has 0 amide bonds. The van der Waals surface area contributed by atoms with Crippen LogP contribution < -0.4 is 4.74 Å². The number of aromatic nitrogens is 3. The molecule has 9 heteroatoms. The number of rotatable bonds is 5. The van der Waals surface area contributed by atoms with Crippen molar-refractivity contribution in [3.05, 3.63) is 77.6 Å². The highest BCUT2D eigenvalue weighted by Crippen LogP contribution is 2.30. The topological polar surface area (TPSA) is 141 Å². The van der Waals surface area contributed by atoms with E-state index in [1.165, 1.54) is 0 Å². The van der Waals surface area contributed by atoms with Gasteiger partial charge in [0.05, 0.1) is 23.9 Å². The lowest BCUT2D eigenvalue weighted by atomic mass is 9.95. The van der Waals surface area contributed by atoms with Gasteiger partial charge in [0.15, 0.2) is 0 Å². The van der Waals surface area contributed by atoms with E-state index in [0.29, 0.717) is 23.6 Å². The van der Waals surface area contributed by atoms with Gasteiger partial charge in [-0.2, -0.15) is 5.10 Å². The van der Waals surface area contributed by atoms with Gasteiger partial charge in [-0.1, -0.05) is 69.9 Å². The monoisotopic (exact) mass is 561 g/mol. The predicted molar refractivity (Wildman–Crippen MR) is 158 cm³/mol. The molecule has 4 unspecified atom stereocenters. The Morgan fingerprint density at radius 2 is 1.68 bits per heavy atom. The molecule has 2 aromatic carbocycles. The Balaban J connectivity index is 0.00000111. The van der Waals surface area contributed by atoms with Gasteiger partial charge in [-0.05, 0) is 35.7 Å². The number of fused-ring (bicyclic) bond motifs is 1. The van der Waals surface area contributed by atoms with Crippen LogP contribution in [0.1, 0.15) is 44.4 Å². The van der Waals surface area contributed by atoms with Gasteiger partial charge in [0.2, 0.25) is 5.88 Å². The number of pyridine rings is 1. The fraction of sp³-hybridized carbons (Fsp3) is 0.375. The van der Waals surface area contributed by atoms with Crippen molar-refractivity contribution in [3.63, 3.8) is 0 Å². The Morgan fingerprint density at radius 1 is 0.951 bits per heavy atom. The summed E-state index contributed by atoms with van der Waals surface area (Å²) in [6.45, 7) is 9.89. The average molecular weight is 562 g/mol. The van der Waals surface area contributed by atoms with Crippen molar-refractivity contribution in [2.45, 2.75) is 71.7 Å². The van der Waals surface area contributed by atoms with Crippen molar-refractivity contribution in [2.24, 2.45) is 0 Å². The van der Waals surface area contributed by atoms with Crippen LogP contribution in [-0.2, 0) is 11.3 Å². The van der Waals surface area contributed by atoms with Crippen LogP contribution in [0.15, 0.2) is 60.9 Å².